The molecule has 1 aromatic heterocycles. The number of rotatable bonds is 2. The van der Waals surface area contributed by atoms with E-state index in [1.165, 1.54) is 23.2 Å². The standard InChI is InChI=1S/C11H7Br2FN2O/c12-8-2-1-7(10(14)3-8)5-16-6-15-4-9(13)11(16)17/h1-4,6H,5H2. The first-order chi connectivity index (χ1) is 8.08. The molecule has 2 rings (SSSR count). The highest BCUT2D eigenvalue weighted by Gasteiger charge is 2.06. The van der Waals surface area contributed by atoms with Gasteiger partial charge in [-0.3, -0.25) is 9.36 Å². The van der Waals surface area contributed by atoms with Gasteiger partial charge in [0.25, 0.3) is 5.56 Å². The van der Waals surface area contributed by atoms with E-state index in [1.54, 1.807) is 12.1 Å². The molecule has 0 aliphatic carbocycles. The highest BCUT2D eigenvalue weighted by Crippen LogP contribution is 2.15. The highest BCUT2D eigenvalue weighted by atomic mass is 79.9. The molecule has 0 bridgehead atoms. The van der Waals surface area contributed by atoms with Gasteiger partial charge < -0.3 is 0 Å². The largest absolute Gasteiger partial charge is 0.294 e. The molecular formula is C11H7Br2FN2O. The minimum atomic E-state index is -0.355. The van der Waals surface area contributed by atoms with Crippen molar-refractivity contribution in [2.75, 3.05) is 0 Å². The van der Waals surface area contributed by atoms with Crippen molar-refractivity contribution in [3.63, 3.8) is 0 Å². The predicted molar refractivity (Wildman–Crippen MR) is 69.4 cm³/mol. The molecule has 0 N–H and O–H groups in total. The molecule has 1 heterocycles. The molecular weight excluding hydrogens is 355 g/mol. The molecule has 0 unspecified atom stereocenters. The Morgan fingerprint density at radius 3 is 2.82 bits per heavy atom. The molecule has 1 aromatic carbocycles. The van der Waals surface area contributed by atoms with Crippen LogP contribution in [0.25, 0.3) is 0 Å². The van der Waals surface area contributed by atoms with Gasteiger partial charge in [-0.25, -0.2) is 9.37 Å². The molecule has 0 aliphatic heterocycles. The Morgan fingerprint density at radius 2 is 2.12 bits per heavy atom. The summed E-state index contributed by atoms with van der Waals surface area (Å²) < 4.78 is 16.0. The van der Waals surface area contributed by atoms with Crippen molar-refractivity contribution in [1.29, 1.82) is 0 Å². The van der Waals surface area contributed by atoms with Gasteiger partial charge in [-0.15, -0.1) is 0 Å². The van der Waals surface area contributed by atoms with Crippen LogP contribution in [0.15, 0.2) is 44.5 Å². The maximum atomic E-state index is 13.6. The van der Waals surface area contributed by atoms with Gasteiger partial charge in [0, 0.05) is 16.2 Å². The number of halogens is 3. The van der Waals surface area contributed by atoms with Crippen LogP contribution in [-0.4, -0.2) is 9.55 Å². The highest BCUT2D eigenvalue weighted by molar-refractivity contribution is 9.10. The Kier molecular flexibility index (Phi) is 3.73. The van der Waals surface area contributed by atoms with Crippen molar-refractivity contribution in [2.24, 2.45) is 0 Å². The lowest BCUT2D eigenvalue weighted by molar-refractivity contribution is 0.593. The van der Waals surface area contributed by atoms with Gasteiger partial charge in [0.05, 0.1) is 12.9 Å². The summed E-state index contributed by atoms with van der Waals surface area (Å²) in [6.07, 6.45) is 2.80. The quantitative estimate of drug-likeness (QED) is 0.824. The summed E-state index contributed by atoms with van der Waals surface area (Å²) in [6, 6.07) is 4.73. The summed E-state index contributed by atoms with van der Waals surface area (Å²) >= 11 is 6.27. The molecule has 0 atom stereocenters. The van der Waals surface area contributed by atoms with Crippen molar-refractivity contribution in [1.82, 2.24) is 9.55 Å². The van der Waals surface area contributed by atoms with E-state index in [9.17, 15) is 9.18 Å². The van der Waals surface area contributed by atoms with Gasteiger partial charge in [0.15, 0.2) is 0 Å². The van der Waals surface area contributed by atoms with Crippen molar-refractivity contribution in [2.45, 2.75) is 6.54 Å². The predicted octanol–water partition coefficient (Wildman–Crippen LogP) is 2.96. The van der Waals surface area contributed by atoms with E-state index >= 15 is 0 Å². The van der Waals surface area contributed by atoms with Crippen LogP contribution in [-0.2, 0) is 6.54 Å². The lowest BCUT2D eigenvalue weighted by atomic mass is 10.2. The average molecular weight is 362 g/mol. The lowest BCUT2D eigenvalue weighted by Crippen LogP contribution is -2.21. The second-order valence-electron chi connectivity index (χ2n) is 3.41. The molecule has 88 valence electrons. The van der Waals surface area contributed by atoms with E-state index < -0.39 is 0 Å². The summed E-state index contributed by atoms with van der Waals surface area (Å²) in [5.41, 5.74) is 0.206. The molecule has 2 aromatic rings. The van der Waals surface area contributed by atoms with Crippen LogP contribution in [0.1, 0.15) is 5.56 Å². The van der Waals surface area contributed by atoms with E-state index in [1.807, 2.05) is 0 Å². The topological polar surface area (TPSA) is 34.9 Å². The van der Waals surface area contributed by atoms with Crippen molar-refractivity contribution in [3.05, 3.63) is 61.4 Å². The number of nitrogens with zero attached hydrogens (tertiary/aromatic N) is 2. The van der Waals surface area contributed by atoms with Gasteiger partial charge in [-0.05, 0) is 28.1 Å². The van der Waals surface area contributed by atoms with Crippen LogP contribution in [0.2, 0.25) is 0 Å². The van der Waals surface area contributed by atoms with E-state index in [4.69, 9.17) is 0 Å². The van der Waals surface area contributed by atoms with Crippen LogP contribution in [0.5, 0.6) is 0 Å². The molecule has 6 heteroatoms. The van der Waals surface area contributed by atoms with Crippen LogP contribution in [0, 0.1) is 5.82 Å². The zero-order chi connectivity index (χ0) is 12.4. The third-order valence-corrected chi connectivity index (χ3v) is 3.25. The monoisotopic (exact) mass is 360 g/mol. The minimum Gasteiger partial charge on any atom is -0.294 e. The maximum absolute atomic E-state index is 13.6. The average Bonchev–Trinajstić information content (AvgIpc) is 2.28. The Hall–Kier alpha value is -1.01. The third kappa shape index (κ3) is 2.81. The summed E-state index contributed by atoms with van der Waals surface area (Å²) in [4.78, 5) is 15.6. The normalized spacial score (nSPS) is 10.5. The molecule has 0 spiro atoms. The van der Waals surface area contributed by atoms with Crippen LogP contribution < -0.4 is 5.56 Å². The second-order valence-corrected chi connectivity index (χ2v) is 5.18. The number of aromatic nitrogens is 2. The van der Waals surface area contributed by atoms with Crippen LogP contribution >= 0.6 is 31.9 Å². The number of benzene rings is 1. The Morgan fingerprint density at radius 1 is 1.35 bits per heavy atom. The van der Waals surface area contributed by atoms with Gasteiger partial charge in [-0.1, -0.05) is 22.0 Å². The summed E-state index contributed by atoms with van der Waals surface area (Å²) in [5.74, 6) is -0.355. The zero-order valence-corrected chi connectivity index (χ0v) is 11.7. The molecule has 17 heavy (non-hydrogen) atoms. The summed E-state index contributed by atoms with van der Waals surface area (Å²) in [7, 11) is 0. The Bertz CT molecular complexity index is 613. The zero-order valence-electron chi connectivity index (χ0n) is 8.53. The first-order valence-corrected chi connectivity index (χ1v) is 6.30. The van der Waals surface area contributed by atoms with E-state index in [0.29, 0.717) is 14.5 Å². The van der Waals surface area contributed by atoms with Crippen molar-refractivity contribution >= 4 is 31.9 Å². The first-order valence-electron chi connectivity index (χ1n) is 4.72. The Labute approximate surface area is 114 Å². The summed E-state index contributed by atoms with van der Waals surface area (Å²) in [5, 5.41) is 0. The van der Waals surface area contributed by atoms with Crippen LogP contribution in [0.4, 0.5) is 4.39 Å². The first kappa shape index (κ1) is 12.4. The van der Waals surface area contributed by atoms with E-state index in [-0.39, 0.29) is 17.9 Å². The van der Waals surface area contributed by atoms with Gasteiger partial charge in [-0.2, -0.15) is 0 Å². The third-order valence-electron chi connectivity index (χ3n) is 2.21. The number of hydrogen-bond acceptors (Lipinski definition) is 2. The Balaban J connectivity index is 2.38. The van der Waals surface area contributed by atoms with Gasteiger partial charge in [0.1, 0.15) is 10.3 Å². The lowest BCUT2D eigenvalue weighted by Gasteiger charge is -2.06. The van der Waals surface area contributed by atoms with Gasteiger partial charge >= 0.3 is 0 Å². The SMILES string of the molecule is O=c1c(Br)cncn1Cc1ccc(Br)cc1F. The van der Waals surface area contributed by atoms with E-state index in [0.717, 1.165) is 0 Å². The fourth-order valence-electron chi connectivity index (χ4n) is 1.37. The van der Waals surface area contributed by atoms with Gasteiger partial charge in [0.2, 0.25) is 0 Å². The van der Waals surface area contributed by atoms with Crippen molar-refractivity contribution in [3.8, 4) is 0 Å². The molecule has 0 saturated heterocycles. The smallest absolute Gasteiger partial charge is 0.267 e. The fraction of sp³-hybridized carbons (Fsp3) is 0.0909. The minimum absolute atomic E-state index is 0.157. The van der Waals surface area contributed by atoms with E-state index in [2.05, 4.69) is 36.8 Å². The molecule has 0 radical (unpaired) electrons. The summed E-state index contributed by atoms with van der Waals surface area (Å²) in [6.45, 7) is 0.157. The van der Waals surface area contributed by atoms with Crippen LogP contribution in [0.3, 0.4) is 0 Å². The number of hydrogen-bond donors (Lipinski definition) is 0. The molecule has 0 aliphatic rings. The second kappa shape index (κ2) is 5.10. The van der Waals surface area contributed by atoms with Crippen molar-refractivity contribution < 1.29 is 4.39 Å². The molecule has 0 fully saturated rings. The fourth-order valence-corrected chi connectivity index (χ4v) is 2.05. The molecule has 0 saturated carbocycles. The molecule has 0 amide bonds. The maximum Gasteiger partial charge on any atom is 0.267 e. The molecule has 3 nitrogen and oxygen atoms in total.